The van der Waals surface area contributed by atoms with Gasteiger partial charge in [-0.15, -0.1) is 0 Å². The maximum Gasteiger partial charge on any atom is 0.295 e. The van der Waals surface area contributed by atoms with Crippen molar-refractivity contribution in [2.24, 2.45) is 0 Å². The van der Waals surface area contributed by atoms with Gasteiger partial charge in [-0.2, -0.15) is 0 Å². The molecular formula is C24H21N5O4. The lowest BCUT2D eigenvalue weighted by Gasteiger charge is -2.39. The van der Waals surface area contributed by atoms with E-state index >= 15 is 0 Å². The molecule has 5 rings (SSSR count). The van der Waals surface area contributed by atoms with Crippen molar-refractivity contribution >= 4 is 28.6 Å². The maximum atomic E-state index is 13.1. The number of carbonyl (C=O) groups is 3. The van der Waals surface area contributed by atoms with Crippen LogP contribution in [0.15, 0.2) is 65.7 Å². The molecule has 9 nitrogen and oxygen atoms in total. The van der Waals surface area contributed by atoms with Gasteiger partial charge >= 0.3 is 0 Å². The number of piperazine rings is 1. The number of ketones is 1. The van der Waals surface area contributed by atoms with Gasteiger partial charge in [0.15, 0.2) is 0 Å². The summed E-state index contributed by atoms with van der Waals surface area (Å²) >= 11 is 0. The Bertz CT molecular complexity index is 1330. The Morgan fingerprint density at radius 1 is 1.06 bits per heavy atom. The van der Waals surface area contributed by atoms with E-state index in [4.69, 9.17) is 4.42 Å². The van der Waals surface area contributed by atoms with Crippen LogP contribution < -0.4 is 0 Å². The zero-order valence-electron chi connectivity index (χ0n) is 17.9. The van der Waals surface area contributed by atoms with Crippen LogP contribution in [0.1, 0.15) is 27.6 Å². The first-order valence-electron chi connectivity index (χ1n) is 10.6. The molecule has 1 aliphatic rings. The minimum absolute atomic E-state index is 0.0826. The Balaban J connectivity index is 1.34. The number of rotatable bonds is 4. The summed E-state index contributed by atoms with van der Waals surface area (Å²) in [6.45, 7) is 2.83. The summed E-state index contributed by atoms with van der Waals surface area (Å²) in [5, 5.41) is 0. The van der Waals surface area contributed by atoms with Gasteiger partial charge in [0.25, 0.3) is 17.6 Å². The van der Waals surface area contributed by atoms with Crippen LogP contribution in [0.3, 0.4) is 0 Å². The summed E-state index contributed by atoms with van der Waals surface area (Å²) < 4.78 is 5.36. The van der Waals surface area contributed by atoms with E-state index in [1.165, 1.54) is 23.6 Å². The van der Waals surface area contributed by atoms with Crippen LogP contribution in [0.5, 0.6) is 0 Å². The van der Waals surface area contributed by atoms with E-state index in [0.717, 1.165) is 0 Å². The molecule has 1 saturated heterocycles. The summed E-state index contributed by atoms with van der Waals surface area (Å²) in [6.07, 6.45) is 6.03. The molecule has 1 N–H and O–H groups in total. The Labute approximate surface area is 189 Å². The van der Waals surface area contributed by atoms with Gasteiger partial charge in [0.1, 0.15) is 11.8 Å². The highest BCUT2D eigenvalue weighted by Crippen LogP contribution is 2.28. The molecule has 0 spiro atoms. The van der Waals surface area contributed by atoms with Crippen molar-refractivity contribution in [3.8, 4) is 11.5 Å². The van der Waals surface area contributed by atoms with E-state index in [2.05, 4.69) is 15.0 Å². The standard InChI is InChI=1S/C24H21N5O4/c1-15-14-28(23(31)16-5-3-2-4-6-16)10-11-29(15)24(32)21(30)18-13-27-19-17(7-8-25-20(18)19)22-26-9-12-33-22/h2-9,12-13,15,27H,10-11,14H2,1H3/t15-/m1/s1. The fourth-order valence-electron chi connectivity index (χ4n) is 4.19. The van der Waals surface area contributed by atoms with Crippen LogP contribution in [-0.4, -0.2) is 68.0 Å². The van der Waals surface area contributed by atoms with Gasteiger partial charge < -0.3 is 19.2 Å². The van der Waals surface area contributed by atoms with Gasteiger partial charge in [0.2, 0.25) is 5.89 Å². The smallest absolute Gasteiger partial charge is 0.295 e. The number of nitrogens with zero attached hydrogens (tertiary/aromatic N) is 4. The van der Waals surface area contributed by atoms with Crippen LogP contribution >= 0.6 is 0 Å². The molecule has 1 aromatic carbocycles. The molecule has 2 amide bonds. The highest BCUT2D eigenvalue weighted by molar-refractivity contribution is 6.44. The van der Waals surface area contributed by atoms with Crippen LogP contribution in [0.4, 0.5) is 0 Å². The Morgan fingerprint density at radius 2 is 1.88 bits per heavy atom. The minimum Gasteiger partial charge on any atom is -0.444 e. The summed E-state index contributed by atoms with van der Waals surface area (Å²) in [5.74, 6) is -0.949. The molecule has 0 aliphatic carbocycles. The number of nitrogens with one attached hydrogen (secondary N) is 1. The lowest BCUT2D eigenvalue weighted by atomic mass is 10.1. The Kier molecular flexibility index (Phi) is 5.21. The lowest BCUT2D eigenvalue weighted by molar-refractivity contribution is -0.130. The van der Waals surface area contributed by atoms with E-state index in [9.17, 15) is 14.4 Å². The lowest BCUT2D eigenvalue weighted by Crippen LogP contribution is -2.56. The van der Waals surface area contributed by atoms with Crippen LogP contribution in [-0.2, 0) is 4.79 Å². The molecule has 0 bridgehead atoms. The average Bonchev–Trinajstić information content (AvgIpc) is 3.53. The number of amides is 2. The molecule has 0 unspecified atom stereocenters. The largest absolute Gasteiger partial charge is 0.444 e. The summed E-state index contributed by atoms with van der Waals surface area (Å²) in [5.41, 5.74) is 2.40. The number of Topliss-reactive ketones (excluding diaryl/α,β-unsaturated/α-hetero) is 1. The molecule has 1 fully saturated rings. The molecule has 9 heteroatoms. The van der Waals surface area contributed by atoms with Crippen LogP contribution in [0.2, 0.25) is 0 Å². The molecule has 33 heavy (non-hydrogen) atoms. The number of H-pyrrole nitrogens is 1. The van der Waals surface area contributed by atoms with E-state index < -0.39 is 11.7 Å². The first-order chi connectivity index (χ1) is 16.0. The number of pyridine rings is 1. The highest BCUT2D eigenvalue weighted by Gasteiger charge is 2.34. The first kappa shape index (κ1) is 20.6. The van der Waals surface area contributed by atoms with Crippen molar-refractivity contribution in [1.82, 2.24) is 24.8 Å². The van der Waals surface area contributed by atoms with E-state index in [0.29, 0.717) is 41.1 Å². The van der Waals surface area contributed by atoms with Crippen molar-refractivity contribution in [2.75, 3.05) is 19.6 Å². The number of oxazole rings is 1. The van der Waals surface area contributed by atoms with Gasteiger partial charge in [-0.25, -0.2) is 4.98 Å². The number of hydrogen-bond acceptors (Lipinski definition) is 6. The van der Waals surface area contributed by atoms with Gasteiger partial charge in [-0.05, 0) is 25.1 Å². The second kappa shape index (κ2) is 8.34. The van der Waals surface area contributed by atoms with Crippen molar-refractivity contribution in [1.29, 1.82) is 0 Å². The SMILES string of the molecule is C[C@@H]1CN(C(=O)c2ccccc2)CCN1C(=O)C(=O)c1c[nH]c2c(-c3ncco3)ccnc12. The number of benzene rings is 1. The van der Waals surface area contributed by atoms with Gasteiger partial charge in [-0.3, -0.25) is 19.4 Å². The molecule has 0 saturated carbocycles. The molecule has 1 atom stereocenters. The van der Waals surface area contributed by atoms with E-state index in [-0.39, 0.29) is 24.1 Å². The zero-order valence-corrected chi connectivity index (χ0v) is 17.9. The van der Waals surface area contributed by atoms with Crippen molar-refractivity contribution < 1.29 is 18.8 Å². The van der Waals surface area contributed by atoms with Gasteiger partial charge in [0, 0.05) is 43.6 Å². The highest BCUT2D eigenvalue weighted by atomic mass is 16.3. The zero-order chi connectivity index (χ0) is 22.9. The summed E-state index contributed by atoms with van der Waals surface area (Å²) in [6, 6.07) is 10.5. The number of fused-ring (bicyclic) bond motifs is 1. The molecule has 0 radical (unpaired) electrons. The third-order valence-electron chi connectivity index (χ3n) is 5.86. The van der Waals surface area contributed by atoms with Crippen LogP contribution in [0.25, 0.3) is 22.5 Å². The predicted octanol–water partition coefficient (Wildman–Crippen LogP) is 2.77. The Morgan fingerprint density at radius 3 is 2.61 bits per heavy atom. The molecule has 1 aliphatic heterocycles. The number of hydrogen-bond donors (Lipinski definition) is 1. The van der Waals surface area contributed by atoms with Crippen molar-refractivity contribution in [3.05, 3.63) is 72.4 Å². The quantitative estimate of drug-likeness (QED) is 0.383. The first-order valence-corrected chi connectivity index (χ1v) is 10.6. The summed E-state index contributed by atoms with van der Waals surface area (Å²) in [4.78, 5) is 53.7. The van der Waals surface area contributed by atoms with E-state index in [1.807, 2.05) is 25.1 Å². The van der Waals surface area contributed by atoms with Crippen molar-refractivity contribution in [2.45, 2.75) is 13.0 Å². The fraction of sp³-hybridized carbons (Fsp3) is 0.208. The number of aromatic amines is 1. The predicted molar refractivity (Wildman–Crippen MR) is 119 cm³/mol. The summed E-state index contributed by atoms with van der Waals surface area (Å²) in [7, 11) is 0. The molecule has 4 aromatic rings. The normalized spacial score (nSPS) is 16.2. The fourth-order valence-corrected chi connectivity index (χ4v) is 4.19. The average molecular weight is 443 g/mol. The second-order valence-electron chi connectivity index (χ2n) is 7.92. The number of carbonyl (C=O) groups excluding carboxylic acids is 3. The molecule has 4 heterocycles. The molecular weight excluding hydrogens is 422 g/mol. The van der Waals surface area contributed by atoms with Crippen LogP contribution in [0, 0.1) is 0 Å². The van der Waals surface area contributed by atoms with E-state index in [1.54, 1.807) is 29.3 Å². The maximum absolute atomic E-state index is 13.1. The number of aromatic nitrogens is 3. The second-order valence-corrected chi connectivity index (χ2v) is 7.92. The van der Waals surface area contributed by atoms with Gasteiger partial charge in [-0.1, -0.05) is 18.2 Å². The minimum atomic E-state index is -0.645. The van der Waals surface area contributed by atoms with Gasteiger partial charge in [0.05, 0.1) is 22.8 Å². The third-order valence-corrected chi connectivity index (χ3v) is 5.86. The molecule has 166 valence electrons. The topological polar surface area (TPSA) is 112 Å². The third kappa shape index (κ3) is 3.67. The monoisotopic (exact) mass is 443 g/mol. The molecule has 3 aromatic heterocycles. The Hall–Kier alpha value is -4.27. The van der Waals surface area contributed by atoms with Crippen molar-refractivity contribution in [3.63, 3.8) is 0 Å².